The van der Waals surface area contributed by atoms with E-state index in [1.165, 1.54) is 6.92 Å². The van der Waals surface area contributed by atoms with E-state index in [1.807, 2.05) is 6.92 Å². The summed E-state index contributed by atoms with van der Waals surface area (Å²) in [5, 5.41) is 88.2. The second kappa shape index (κ2) is 14.0. The average Bonchev–Trinajstić information content (AvgIpc) is 3.49. The number of carbonyl (C=O) groups excluding carboxylic acids is 1. The minimum Gasteiger partial charge on any atom is -0.454 e. The maximum Gasteiger partial charge on any atom is 0.303 e. The summed E-state index contributed by atoms with van der Waals surface area (Å²) in [5.74, 6) is -0.760. The molecule has 0 unspecified atom stereocenters. The second-order valence-electron chi connectivity index (χ2n) is 21.6. The lowest BCUT2D eigenvalue weighted by Crippen LogP contribution is -2.68. The van der Waals surface area contributed by atoms with Crippen molar-refractivity contribution >= 4 is 5.97 Å². The maximum atomic E-state index is 13.2. The Balaban J connectivity index is 1.15. The third-order valence-corrected chi connectivity index (χ3v) is 18.2. The van der Waals surface area contributed by atoms with Crippen LogP contribution in [0, 0.1) is 38.9 Å². The van der Waals surface area contributed by atoms with Crippen LogP contribution in [0.5, 0.6) is 0 Å². The van der Waals surface area contributed by atoms with Gasteiger partial charge in [-0.05, 0) is 118 Å². The van der Waals surface area contributed by atoms with Gasteiger partial charge in [0.25, 0.3) is 0 Å². The highest BCUT2D eigenvalue weighted by molar-refractivity contribution is 5.66. The molecule has 5 aliphatic carbocycles. The molecule has 8 N–H and O–H groups in total. The van der Waals surface area contributed by atoms with Crippen LogP contribution in [0.4, 0.5) is 0 Å². The molecular weight excluding hydrogens is 756 g/mol. The molecular formula is C43H70O15. The van der Waals surface area contributed by atoms with Crippen molar-refractivity contribution in [2.24, 2.45) is 38.9 Å². The Morgan fingerprint density at radius 3 is 2.17 bits per heavy atom. The fourth-order valence-corrected chi connectivity index (χ4v) is 15.0. The van der Waals surface area contributed by atoms with Gasteiger partial charge in [0.05, 0.1) is 48.3 Å². The van der Waals surface area contributed by atoms with Gasteiger partial charge in [0.15, 0.2) is 18.7 Å². The molecule has 3 aliphatic heterocycles. The van der Waals surface area contributed by atoms with Crippen LogP contribution in [0.3, 0.4) is 0 Å². The van der Waals surface area contributed by atoms with Crippen molar-refractivity contribution in [3.63, 3.8) is 0 Å². The van der Waals surface area contributed by atoms with Gasteiger partial charge >= 0.3 is 5.97 Å². The van der Waals surface area contributed by atoms with Crippen LogP contribution in [-0.2, 0) is 33.2 Å². The Hall–Kier alpha value is -1.05. The van der Waals surface area contributed by atoms with Crippen LogP contribution in [0.15, 0.2) is 0 Å². The quantitative estimate of drug-likeness (QED) is 0.128. The van der Waals surface area contributed by atoms with E-state index in [0.29, 0.717) is 32.1 Å². The Labute approximate surface area is 341 Å². The standard InChI is InChI=1S/C43H70O15/c1-21(45)54-32-28(47)22(46)19-53-35(32)57-26-10-12-42-20-41(42)15-14-39(7)38(6,13-16-43(39,52)40(8)11-9-27(58-40)37(4,5)51)25(41)17-23(33(42)36(26,2)3)55-34-31(50)30(49)29(48)24(18-44)56-34/h22-35,44,46-52H,9-20H2,1-8H3/t22-,23+,24-,25+,26+,27+,28+,29-,30+,31-,32-,33+,34-,35+,38+,39+,40-,41+,42-,43+/m1/s1. The largest absolute Gasteiger partial charge is 0.454 e. The third kappa shape index (κ3) is 5.88. The summed E-state index contributed by atoms with van der Waals surface area (Å²) in [6.45, 7) is 14.8. The number of aliphatic hydroxyl groups is 8. The number of carbonyl (C=O) groups is 1. The molecule has 15 heteroatoms. The van der Waals surface area contributed by atoms with E-state index < -0.39 is 114 Å². The molecule has 3 heterocycles. The van der Waals surface area contributed by atoms with Crippen molar-refractivity contribution < 1.29 is 74.1 Å². The predicted octanol–water partition coefficient (Wildman–Crippen LogP) is 1.44. The van der Waals surface area contributed by atoms with Gasteiger partial charge in [-0.1, -0.05) is 27.7 Å². The number of fused-ring (bicyclic) bond motifs is 2. The molecule has 0 aromatic rings. The van der Waals surface area contributed by atoms with E-state index in [4.69, 9.17) is 28.4 Å². The number of hydrogen-bond acceptors (Lipinski definition) is 15. The second-order valence-corrected chi connectivity index (χ2v) is 21.6. The number of aliphatic hydroxyl groups excluding tert-OH is 6. The van der Waals surface area contributed by atoms with E-state index >= 15 is 0 Å². The van der Waals surface area contributed by atoms with Gasteiger partial charge in [-0.15, -0.1) is 0 Å². The van der Waals surface area contributed by atoms with Crippen molar-refractivity contribution in [3.8, 4) is 0 Å². The van der Waals surface area contributed by atoms with Crippen molar-refractivity contribution in [2.45, 2.75) is 210 Å². The molecule has 332 valence electrons. The molecule has 8 aliphatic rings. The van der Waals surface area contributed by atoms with E-state index in [-0.39, 0.29) is 34.7 Å². The molecule has 3 saturated heterocycles. The van der Waals surface area contributed by atoms with Crippen LogP contribution in [-0.4, -0.2) is 150 Å². The molecule has 8 rings (SSSR count). The topological polar surface area (TPSA) is 234 Å². The van der Waals surface area contributed by atoms with Crippen molar-refractivity contribution in [3.05, 3.63) is 0 Å². The van der Waals surface area contributed by atoms with Crippen molar-refractivity contribution in [1.82, 2.24) is 0 Å². The first-order valence-corrected chi connectivity index (χ1v) is 21.8. The summed E-state index contributed by atoms with van der Waals surface area (Å²) in [6.07, 6.45) is -6.69. The smallest absolute Gasteiger partial charge is 0.303 e. The molecule has 0 radical (unpaired) electrons. The number of esters is 1. The first kappa shape index (κ1) is 43.6. The zero-order chi connectivity index (χ0) is 42.4. The van der Waals surface area contributed by atoms with Crippen LogP contribution in [0.1, 0.15) is 120 Å². The molecule has 2 spiro atoms. The molecule has 8 fully saturated rings. The first-order valence-electron chi connectivity index (χ1n) is 21.8. The summed E-state index contributed by atoms with van der Waals surface area (Å²) in [5.41, 5.74) is -5.00. The molecule has 5 saturated carbocycles. The molecule has 0 aromatic carbocycles. The summed E-state index contributed by atoms with van der Waals surface area (Å²) in [4.78, 5) is 12.1. The molecule has 0 aromatic heterocycles. The summed E-state index contributed by atoms with van der Waals surface area (Å²) >= 11 is 0. The Bertz CT molecular complexity index is 1590. The third-order valence-electron chi connectivity index (χ3n) is 18.2. The number of ether oxygens (including phenoxy) is 6. The molecule has 0 amide bonds. The SMILES string of the molecule is CC(=O)O[C@H]1[C@H](O[C@H]2CC[C@]34C[C@]35CC[C@]3(C)[C@](O)([C@@]6(C)CC[C@@H](C(C)(C)O)O6)CC[C@@]3(C)[C@@H]5C[C@H](O[C@@H]3O[C@H](CO)[C@@H](O)[C@H](O)[C@H]3O)[C@H]4C2(C)C)OC[C@@H](O)[C@@H]1O. The molecule has 0 bridgehead atoms. The highest BCUT2D eigenvalue weighted by Crippen LogP contribution is 2.90. The van der Waals surface area contributed by atoms with Crippen LogP contribution >= 0.6 is 0 Å². The van der Waals surface area contributed by atoms with E-state index in [0.717, 1.165) is 32.1 Å². The normalized spacial score (nSPS) is 56.1. The number of rotatable bonds is 8. The molecule has 20 atom stereocenters. The van der Waals surface area contributed by atoms with Gasteiger partial charge in [0.2, 0.25) is 0 Å². The fourth-order valence-electron chi connectivity index (χ4n) is 15.0. The van der Waals surface area contributed by atoms with Gasteiger partial charge in [-0.2, -0.15) is 0 Å². The summed E-state index contributed by atoms with van der Waals surface area (Å²) in [7, 11) is 0. The lowest BCUT2D eigenvalue weighted by atomic mass is 9.40. The van der Waals surface area contributed by atoms with Gasteiger partial charge in [0, 0.05) is 12.3 Å². The zero-order valence-electron chi connectivity index (χ0n) is 35.5. The maximum absolute atomic E-state index is 13.2. The van der Waals surface area contributed by atoms with Crippen molar-refractivity contribution in [2.75, 3.05) is 13.2 Å². The Morgan fingerprint density at radius 1 is 0.828 bits per heavy atom. The monoisotopic (exact) mass is 826 g/mol. The molecule has 58 heavy (non-hydrogen) atoms. The van der Waals surface area contributed by atoms with Crippen molar-refractivity contribution in [1.29, 1.82) is 0 Å². The summed E-state index contributed by atoms with van der Waals surface area (Å²) in [6, 6.07) is 0. The Morgan fingerprint density at radius 2 is 1.53 bits per heavy atom. The fraction of sp³-hybridized carbons (Fsp3) is 0.977. The van der Waals surface area contributed by atoms with Gasteiger partial charge in [-0.25, -0.2) is 0 Å². The number of hydrogen-bond donors (Lipinski definition) is 8. The average molecular weight is 827 g/mol. The lowest BCUT2D eigenvalue weighted by Gasteiger charge is -2.66. The minimum atomic E-state index is -1.62. The van der Waals surface area contributed by atoms with Gasteiger partial charge in [-0.3, -0.25) is 4.79 Å². The highest BCUT2D eigenvalue weighted by Gasteiger charge is 2.86. The zero-order valence-corrected chi connectivity index (χ0v) is 35.5. The van der Waals surface area contributed by atoms with Gasteiger partial charge < -0.3 is 69.3 Å². The Kier molecular flexibility index (Phi) is 10.5. The van der Waals surface area contributed by atoms with E-state index in [2.05, 4.69) is 27.7 Å². The van der Waals surface area contributed by atoms with E-state index in [1.54, 1.807) is 13.8 Å². The predicted molar refractivity (Wildman–Crippen MR) is 203 cm³/mol. The van der Waals surface area contributed by atoms with E-state index in [9.17, 15) is 45.6 Å². The highest BCUT2D eigenvalue weighted by atomic mass is 16.7. The van der Waals surface area contributed by atoms with Crippen LogP contribution in [0.2, 0.25) is 0 Å². The first-order chi connectivity index (χ1) is 26.9. The lowest BCUT2D eigenvalue weighted by molar-refractivity contribution is -0.340. The molecule has 15 nitrogen and oxygen atoms in total. The summed E-state index contributed by atoms with van der Waals surface area (Å²) < 4.78 is 37.7. The minimum absolute atomic E-state index is 0.0777. The van der Waals surface area contributed by atoms with Crippen LogP contribution in [0.25, 0.3) is 0 Å². The van der Waals surface area contributed by atoms with Crippen LogP contribution < -0.4 is 0 Å². The van der Waals surface area contributed by atoms with Gasteiger partial charge in [0.1, 0.15) is 36.6 Å².